The topological polar surface area (TPSA) is 0 Å². The van der Waals surface area contributed by atoms with Crippen molar-refractivity contribution in [3.05, 3.63) is 74.6 Å². The van der Waals surface area contributed by atoms with E-state index in [0.29, 0.717) is 0 Å². The maximum absolute atomic E-state index is 3.36. The first-order chi connectivity index (χ1) is 6.91. The van der Waals surface area contributed by atoms with E-state index in [1.165, 1.54) is 0 Å². The van der Waals surface area contributed by atoms with Crippen LogP contribution in [0.15, 0.2) is 48.6 Å². The minimum Gasteiger partial charge on any atom is -1.00 e. The first-order valence-corrected chi connectivity index (χ1v) is 4.58. The SMILES string of the molecule is [C-]1=CC=CC1.[C-]1=CC=CC1.[CH2-]C=C[CH2-].[Cl-].[Cl-].[Zr+2]. The van der Waals surface area contributed by atoms with Crippen LogP contribution < -0.4 is 24.8 Å². The first kappa shape index (κ1) is 25.7. The van der Waals surface area contributed by atoms with Crippen LogP contribution in [0.3, 0.4) is 0 Å². The van der Waals surface area contributed by atoms with E-state index in [2.05, 4.69) is 38.2 Å². The molecule has 0 atom stereocenters. The smallest absolute Gasteiger partial charge is 1.00 e. The van der Waals surface area contributed by atoms with Gasteiger partial charge >= 0.3 is 26.2 Å². The van der Waals surface area contributed by atoms with Crippen molar-refractivity contribution in [1.82, 2.24) is 0 Å². The maximum atomic E-state index is 3.36. The van der Waals surface area contributed by atoms with Crippen LogP contribution in [0.4, 0.5) is 0 Å². The van der Waals surface area contributed by atoms with Crippen LogP contribution in [0.25, 0.3) is 0 Å². The molecule has 0 bridgehead atoms. The summed E-state index contributed by atoms with van der Waals surface area (Å²) in [6, 6.07) is 0. The number of hydrogen-bond donors (Lipinski definition) is 0. The van der Waals surface area contributed by atoms with Gasteiger partial charge in [-0.3, -0.25) is 12.2 Å². The van der Waals surface area contributed by atoms with Gasteiger partial charge in [0.15, 0.2) is 0 Å². The molecule has 2 rings (SSSR count). The second kappa shape index (κ2) is 24.9. The molecule has 0 aromatic rings. The summed E-state index contributed by atoms with van der Waals surface area (Å²) in [6.45, 7) is 6.72. The summed E-state index contributed by atoms with van der Waals surface area (Å²) in [5, 5.41) is 0. The van der Waals surface area contributed by atoms with Crippen molar-refractivity contribution in [2.75, 3.05) is 0 Å². The van der Waals surface area contributed by atoms with E-state index in [9.17, 15) is 0 Å². The van der Waals surface area contributed by atoms with E-state index in [-0.39, 0.29) is 51.0 Å². The predicted octanol–water partition coefficient (Wildman–Crippen LogP) is -2.17. The number of halogens is 2. The Kier molecular flexibility index (Phi) is 37.7. The fourth-order valence-electron chi connectivity index (χ4n) is 0.680. The third kappa shape index (κ3) is 25.9. The largest absolute Gasteiger partial charge is 2.00 e. The van der Waals surface area contributed by atoms with Crippen LogP contribution in [0.5, 0.6) is 0 Å². The molecule has 0 aliphatic heterocycles. The van der Waals surface area contributed by atoms with Crippen LogP contribution in [0.1, 0.15) is 12.8 Å². The van der Waals surface area contributed by atoms with E-state index in [1.807, 2.05) is 24.3 Å². The Balaban J connectivity index is -0.0000000692. The van der Waals surface area contributed by atoms with Crippen molar-refractivity contribution in [3.63, 3.8) is 0 Å². The normalized spacial score (nSPS) is 12.5. The quantitative estimate of drug-likeness (QED) is 0.438. The van der Waals surface area contributed by atoms with Crippen molar-refractivity contribution in [1.29, 1.82) is 0 Å². The average Bonchev–Trinajstić information content (AvgIpc) is 2.94. The molecule has 0 heterocycles. The molecule has 94 valence electrons. The van der Waals surface area contributed by atoms with Gasteiger partial charge in [-0.1, -0.05) is 0 Å². The van der Waals surface area contributed by atoms with Crippen LogP contribution in [0, 0.1) is 26.0 Å². The molecule has 0 amide bonds. The zero-order chi connectivity index (χ0) is 10.5. The van der Waals surface area contributed by atoms with Crippen LogP contribution >= 0.6 is 0 Å². The fraction of sp³-hybridized carbons (Fsp3) is 0.143. The Morgan fingerprint density at radius 2 is 1.18 bits per heavy atom. The molecular formula is C14H16Cl2Zr-4. The predicted molar refractivity (Wildman–Crippen MR) is 63.0 cm³/mol. The zero-order valence-corrected chi connectivity index (χ0v) is 13.7. The molecule has 17 heavy (non-hydrogen) atoms. The van der Waals surface area contributed by atoms with Gasteiger partial charge in [0.05, 0.1) is 0 Å². The third-order valence-electron chi connectivity index (χ3n) is 1.34. The monoisotopic (exact) mass is 344 g/mol. The Morgan fingerprint density at radius 3 is 1.24 bits per heavy atom. The molecule has 0 spiro atoms. The number of hydrogen-bond acceptors (Lipinski definition) is 0. The minimum absolute atomic E-state index is 0. The molecule has 0 nitrogen and oxygen atoms in total. The van der Waals surface area contributed by atoms with Gasteiger partial charge in [0.2, 0.25) is 0 Å². The molecule has 0 saturated carbocycles. The van der Waals surface area contributed by atoms with Gasteiger partial charge in [-0.25, -0.2) is 24.3 Å². The molecular weight excluding hydrogens is 330 g/mol. The maximum Gasteiger partial charge on any atom is 2.00 e. The van der Waals surface area contributed by atoms with Crippen molar-refractivity contribution in [2.45, 2.75) is 12.8 Å². The second-order valence-electron chi connectivity index (χ2n) is 2.48. The van der Waals surface area contributed by atoms with E-state index in [1.54, 1.807) is 12.2 Å². The molecule has 0 aromatic carbocycles. The summed E-state index contributed by atoms with van der Waals surface area (Å²) in [5.74, 6) is 0. The fourth-order valence-corrected chi connectivity index (χ4v) is 0.680. The molecule has 0 aromatic heterocycles. The standard InChI is InChI=1S/2C5H5.C4H6.2ClH.Zr/c2*1-2-4-5-3-1;1-3-4-2;;;/h2*1-3H,4H2;3-4H,1-2H2;2*1H;/q2*-1;-2;;;+2/p-2. The van der Waals surface area contributed by atoms with Gasteiger partial charge in [-0.05, 0) is 0 Å². The summed E-state index contributed by atoms with van der Waals surface area (Å²) in [5.41, 5.74) is 0. The first-order valence-electron chi connectivity index (χ1n) is 4.58. The minimum atomic E-state index is 0. The molecule has 0 fully saturated rings. The van der Waals surface area contributed by atoms with Gasteiger partial charge in [-0.2, -0.15) is 12.2 Å². The summed E-state index contributed by atoms with van der Waals surface area (Å²) in [6.07, 6.45) is 23.3. The van der Waals surface area contributed by atoms with Crippen molar-refractivity contribution in [3.8, 4) is 0 Å². The van der Waals surface area contributed by atoms with Crippen LogP contribution in [-0.4, -0.2) is 0 Å². The van der Waals surface area contributed by atoms with E-state index in [0.717, 1.165) is 12.8 Å². The summed E-state index contributed by atoms with van der Waals surface area (Å²) >= 11 is 0. The van der Waals surface area contributed by atoms with E-state index >= 15 is 0 Å². The molecule has 2 aliphatic rings. The summed E-state index contributed by atoms with van der Waals surface area (Å²) in [7, 11) is 0. The van der Waals surface area contributed by atoms with Gasteiger partial charge in [0, 0.05) is 0 Å². The van der Waals surface area contributed by atoms with Crippen molar-refractivity contribution >= 4 is 0 Å². The van der Waals surface area contributed by atoms with Crippen molar-refractivity contribution < 1.29 is 51.0 Å². The third-order valence-corrected chi connectivity index (χ3v) is 1.34. The molecule has 2 aliphatic carbocycles. The van der Waals surface area contributed by atoms with E-state index < -0.39 is 0 Å². The average molecular weight is 346 g/mol. The molecule has 3 heteroatoms. The van der Waals surface area contributed by atoms with Gasteiger partial charge in [-0.15, -0.1) is 12.8 Å². The molecule has 0 saturated heterocycles. The molecule has 0 unspecified atom stereocenters. The summed E-state index contributed by atoms with van der Waals surface area (Å²) < 4.78 is 0. The van der Waals surface area contributed by atoms with Crippen LogP contribution in [-0.2, 0) is 26.2 Å². The number of rotatable bonds is 0. The summed E-state index contributed by atoms with van der Waals surface area (Å²) in [4.78, 5) is 0. The molecule has 0 radical (unpaired) electrons. The Hall–Kier alpha value is -0.0969. The van der Waals surface area contributed by atoms with Gasteiger partial charge < -0.3 is 50.8 Å². The number of allylic oxidation sites excluding steroid dienone is 10. The second-order valence-corrected chi connectivity index (χ2v) is 2.48. The Labute approximate surface area is 138 Å². The Bertz CT molecular complexity index is 205. The molecule has 0 N–H and O–H groups in total. The Morgan fingerprint density at radius 1 is 0.824 bits per heavy atom. The van der Waals surface area contributed by atoms with E-state index in [4.69, 9.17) is 0 Å². The van der Waals surface area contributed by atoms with Gasteiger partial charge in [0.25, 0.3) is 0 Å². The van der Waals surface area contributed by atoms with Crippen molar-refractivity contribution in [2.24, 2.45) is 0 Å². The van der Waals surface area contributed by atoms with Gasteiger partial charge in [0.1, 0.15) is 0 Å². The zero-order valence-electron chi connectivity index (χ0n) is 9.70. The van der Waals surface area contributed by atoms with Crippen LogP contribution in [0.2, 0.25) is 0 Å².